The minimum absolute atomic E-state index is 1.18. The van der Waals surface area contributed by atoms with Gasteiger partial charge in [-0.05, 0) is 26.6 Å². The molecule has 0 bridgehead atoms. The van der Waals surface area contributed by atoms with Crippen molar-refractivity contribution in [3.63, 3.8) is 0 Å². The van der Waals surface area contributed by atoms with E-state index >= 15 is 0 Å². The first-order valence-corrected chi connectivity index (χ1v) is 3.49. The lowest BCUT2D eigenvalue weighted by Crippen LogP contribution is -2.18. The molecular formula is C7H17N. The van der Waals surface area contributed by atoms with Crippen LogP contribution in [-0.2, 0) is 0 Å². The zero-order valence-electron chi connectivity index (χ0n) is 6.28. The van der Waals surface area contributed by atoms with Crippen molar-refractivity contribution < 1.29 is 0 Å². The smallest absolute Gasteiger partial charge is 0.00220 e. The average Bonchev–Trinajstić information content (AvgIpc) is 1.83. The van der Waals surface area contributed by atoms with Gasteiger partial charge in [0.25, 0.3) is 0 Å². The van der Waals surface area contributed by atoms with E-state index in [1.807, 2.05) is 0 Å². The van der Waals surface area contributed by atoms with Crippen molar-refractivity contribution in [2.24, 2.45) is 0 Å². The molecule has 1 nitrogen and oxygen atoms in total. The number of rotatable bonds is 4. The van der Waals surface area contributed by atoms with E-state index in [2.05, 4.69) is 25.8 Å². The fourth-order valence-corrected chi connectivity index (χ4v) is 0.586. The van der Waals surface area contributed by atoms with E-state index in [4.69, 9.17) is 0 Å². The quantitative estimate of drug-likeness (QED) is 0.539. The van der Waals surface area contributed by atoms with Gasteiger partial charge >= 0.3 is 0 Å². The first-order valence-electron chi connectivity index (χ1n) is 3.49. The van der Waals surface area contributed by atoms with Crippen molar-refractivity contribution in [3.8, 4) is 0 Å². The summed E-state index contributed by atoms with van der Waals surface area (Å²) in [6, 6.07) is 0. The molecule has 0 radical (unpaired) electrons. The maximum absolute atomic E-state index is 2.34. The zero-order valence-corrected chi connectivity index (χ0v) is 6.28. The van der Waals surface area contributed by atoms with Gasteiger partial charge < -0.3 is 4.90 Å². The molecule has 0 aromatic rings. The fraction of sp³-hybridized carbons (Fsp3) is 1.00. The lowest BCUT2D eigenvalue weighted by molar-refractivity contribution is 0.346. The Kier molecular flexibility index (Phi) is 5.08. The van der Waals surface area contributed by atoms with Crippen molar-refractivity contribution in [2.45, 2.75) is 26.7 Å². The topological polar surface area (TPSA) is 3.24 Å². The van der Waals surface area contributed by atoms with Crippen LogP contribution in [0.2, 0.25) is 0 Å². The summed E-state index contributed by atoms with van der Waals surface area (Å²) in [5.41, 5.74) is 0. The third kappa shape index (κ3) is 4.13. The van der Waals surface area contributed by atoms with Crippen LogP contribution in [0.25, 0.3) is 0 Å². The Hall–Kier alpha value is -0.0400. The summed E-state index contributed by atoms with van der Waals surface area (Å²) in [5, 5.41) is 0. The maximum atomic E-state index is 2.34. The summed E-state index contributed by atoms with van der Waals surface area (Å²) >= 11 is 0. The Morgan fingerprint density at radius 3 is 2.25 bits per heavy atom. The first-order chi connectivity index (χ1) is 3.81. The van der Waals surface area contributed by atoms with Gasteiger partial charge in [0.05, 0.1) is 0 Å². The van der Waals surface area contributed by atoms with Crippen LogP contribution in [-0.4, -0.2) is 25.0 Å². The fourth-order valence-electron chi connectivity index (χ4n) is 0.586. The van der Waals surface area contributed by atoms with Crippen LogP contribution in [0.15, 0.2) is 0 Å². The molecule has 0 saturated carbocycles. The molecule has 0 atom stereocenters. The predicted octanol–water partition coefficient (Wildman–Crippen LogP) is 1.74. The summed E-state index contributed by atoms with van der Waals surface area (Å²) in [7, 11) is 2.16. The summed E-state index contributed by atoms with van der Waals surface area (Å²) in [6.07, 6.45) is 2.65. The van der Waals surface area contributed by atoms with Gasteiger partial charge in [-0.2, -0.15) is 0 Å². The van der Waals surface area contributed by atoms with Crippen LogP contribution in [0.1, 0.15) is 26.7 Å². The Morgan fingerprint density at radius 1 is 1.25 bits per heavy atom. The zero-order chi connectivity index (χ0) is 6.41. The van der Waals surface area contributed by atoms with E-state index < -0.39 is 0 Å². The van der Waals surface area contributed by atoms with Crippen molar-refractivity contribution in [2.75, 3.05) is 20.1 Å². The van der Waals surface area contributed by atoms with Crippen molar-refractivity contribution in [1.29, 1.82) is 0 Å². The predicted molar refractivity (Wildman–Crippen MR) is 38.1 cm³/mol. The molecule has 0 aliphatic carbocycles. The number of hydrogen-bond acceptors (Lipinski definition) is 1. The minimum atomic E-state index is 1.18. The molecular weight excluding hydrogens is 98.1 g/mol. The Labute approximate surface area is 52.7 Å². The highest BCUT2D eigenvalue weighted by Gasteiger charge is 1.89. The van der Waals surface area contributed by atoms with Gasteiger partial charge in [-0.15, -0.1) is 0 Å². The number of hydrogen-bond donors (Lipinski definition) is 0. The largest absolute Gasteiger partial charge is 0.307 e. The summed E-state index contributed by atoms with van der Waals surface area (Å²) in [5.74, 6) is 0. The molecule has 0 fully saturated rings. The molecule has 0 unspecified atom stereocenters. The summed E-state index contributed by atoms with van der Waals surface area (Å²) in [6.45, 7) is 6.85. The van der Waals surface area contributed by atoms with Gasteiger partial charge in [0.2, 0.25) is 0 Å². The van der Waals surface area contributed by atoms with Gasteiger partial charge in [-0.3, -0.25) is 0 Å². The van der Waals surface area contributed by atoms with E-state index in [-0.39, 0.29) is 0 Å². The standard InChI is InChI=1S/C7H17N/c1-4-6-7-8(3)5-2/h4-7H2,1-3H3. The van der Waals surface area contributed by atoms with Crippen molar-refractivity contribution in [1.82, 2.24) is 4.90 Å². The third-order valence-corrected chi connectivity index (χ3v) is 1.43. The SMILES string of the molecule is CCCCN(C)CC. The van der Waals surface area contributed by atoms with Crippen LogP contribution in [0.3, 0.4) is 0 Å². The van der Waals surface area contributed by atoms with E-state index in [0.29, 0.717) is 0 Å². The third-order valence-electron chi connectivity index (χ3n) is 1.43. The maximum Gasteiger partial charge on any atom is -0.00220 e. The lowest BCUT2D eigenvalue weighted by atomic mass is 10.3. The molecule has 0 aromatic heterocycles. The van der Waals surface area contributed by atoms with E-state index in [0.717, 1.165) is 0 Å². The molecule has 0 aliphatic heterocycles. The molecule has 0 heterocycles. The molecule has 0 amide bonds. The highest BCUT2D eigenvalue weighted by atomic mass is 15.1. The molecule has 0 aromatic carbocycles. The summed E-state index contributed by atoms with van der Waals surface area (Å²) < 4.78 is 0. The van der Waals surface area contributed by atoms with Crippen LogP contribution < -0.4 is 0 Å². The molecule has 0 rings (SSSR count). The van der Waals surface area contributed by atoms with Gasteiger partial charge in [0.1, 0.15) is 0 Å². The van der Waals surface area contributed by atoms with Crippen LogP contribution in [0, 0.1) is 0 Å². The van der Waals surface area contributed by atoms with Crippen LogP contribution in [0.4, 0.5) is 0 Å². The molecule has 8 heavy (non-hydrogen) atoms. The second-order valence-electron chi connectivity index (χ2n) is 2.25. The van der Waals surface area contributed by atoms with Crippen LogP contribution in [0.5, 0.6) is 0 Å². The number of nitrogens with zero attached hydrogens (tertiary/aromatic N) is 1. The van der Waals surface area contributed by atoms with Crippen molar-refractivity contribution in [3.05, 3.63) is 0 Å². The van der Waals surface area contributed by atoms with Gasteiger partial charge in [-0.1, -0.05) is 20.3 Å². The Morgan fingerprint density at radius 2 is 1.88 bits per heavy atom. The second kappa shape index (κ2) is 5.10. The van der Waals surface area contributed by atoms with Gasteiger partial charge in [-0.25, -0.2) is 0 Å². The minimum Gasteiger partial charge on any atom is -0.307 e. The lowest BCUT2D eigenvalue weighted by Gasteiger charge is -2.11. The molecule has 0 saturated heterocycles. The molecule has 0 aliphatic rings. The number of unbranched alkanes of at least 4 members (excludes halogenated alkanes) is 1. The van der Waals surface area contributed by atoms with Gasteiger partial charge in [0.15, 0.2) is 0 Å². The van der Waals surface area contributed by atoms with Gasteiger partial charge in [0, 0.05) is 0 Å². The van der Waals surface area contributed by atoms with Crippen molar-refractivity contribution >= 4 is 0 Å². The normalized spacial score (nSPS) is 10.5. The Bertz CT molecular complexity index is 43.7. The monoisotopic (exact) mass is 115 g/mol. The second-order valence-corrected chi connectivity index (χ2v) is 2.25. The molecule has 0 N–H and O–H groups in total. The van der Waals surface area contributed by atoms with E-state index in [1.54, 1.807) is 0 Å². The first kappa shape index (κ1) is 7.96. The van der Waals surface area contributed by atoms with E-state index in [1.165, 1.54) is 25.9 Å². The summed E-state index contributed by atoms with van der Waals surface area (Å²) in [4.78, 5) is 2.34. The molecule has 1 heteroatoms. The highest BCUT2D eigenvalue weighted by Crippen LogP contribution is 1.89. The highest BCUT2D eigenvalue weighted by molar-refractivity contribution is 4.44. The van der Waals surface area contributed by atoms with Crippen LogP contribution >= 0.6 is 0 Å². The Balaban J connectivity index is 2.86. The average molecular weight is 115 g/mol. The van der Waals surface area contributed by atoms with E-state index in [9.17, 15) is 0 Å². The molecule has 50 valence electrons. The molecule has 0 spiro atoms.